The highest BCUT2D eigenvalue weighted by Crippen LogP contribution is 2.30. The van der Waals surface area contributed by atoms with Gasteiger partial charge in [-0.15, -0.1) is 0 Å². The molecule has 1 saturated heterocycles. The highest BCUT2D eigenvalue weighted by molar-refractivity contribution is 7.92. The van der Waals surface area contributed by atoms with Crippen LogP contribution in [0.4, 0.5) is 5.69 Å². The van der Waals surface area contributed by atoms with E-state index in [-0.39, 0.29) is 5.91 Å². The fourth-order valence-electron chi connectivity index (χ4n) is 2.98. The molecule has 3 rings (SSSR count). The average molecular weight is 338 g/mol. The first-order valence-corrected chi connectivity index (χ1v) is 9.54. The van der Waals surface area contributed by atoms with Crippen molar-refractivity contribution < 1.29 is 13.2 Å². The molecule has 0 spiro atoms. The second kappa shape index (κ2) is 6.10. The molecule has 0 saturated carbocycles. The summed E-state index contributed by atoms with van der Waals surface area (Å²) in [6.07, 6.45) is 1.84. The predicted octanol–water partition coefficient (Wildman–Crippen LogP) is -0.0991. The van der Waals surface area contributed by atoms with Gasteiger partial charge in [-0.3, -0.25) is 14.5 Å². The van der Waals surface area contributed by atoms with E-state index in [4.69, 9.17) is 0 Å². The fourth-order valence-corrected chi connectivity index (χ4v) is 3.94. The van der Waals surface area contributed by atoms with Crippen LogP contribution < -0.4 is 9.73 Å². The van der Waals surface area contributed by atoms with Crippen LogP contribution in [-0.2, 0) is 16.4 Å². The van der Waals surface area contributed by atoms with Gasteiger partial charge in [0.25, 0.3) is 5.91 Å². The summed E-state index contributed by atoms with van der Waals surface area (Å²) in [7, 11) is -1.19. The highest BCUT2D eigenvalue weighted by atomic mass is 32.2. The van der Waals surface area contributed by atoms with Crippen molar-refractivity contribution in [2.45, 2.75) is 6.42 Å². The number of nitrogens with one attached hydrogen (secondary N) is 1. The lowest BCUT2D eigenvalue weighted by molar-refractivity contribution is 0.0662. The fraction of sp³-hybridized carbons (Fsp3) is 0.533. The van der Waals surface area contributed by atoms with Crippen LogP contribution in [0.1, 0.15) is 15.9 Å². The molecule has 1 aromatic rings. The summed E-state index contributed by atoms with van der Waals surface area (Å²) in [5.74, 6) is -0.143. The molecule has 2 heterocycles. The van der Waals surface area contributed by atoms with E-state index in [2.05, 4.69) is 17.4 Å². The second-order valence-electron chi connectivity index (χ2n) is 6.16. The van der Waals surface area contributed by atoms with Crippen LogP contribution >= 0.6 is 0 Å². The topological polar surface area (TPSA) is 73.0 Å². The molecule has 2 aliphatic rings. The van der Waals surface area contributed by atoms with Gasteiger partial charge >= 0.3 is 0 Å². The van der Waals surface area contributed by atoms with Gasteiger partial charge in [0, 0.05) is 38.3 Å². The molecular weight excluding hydrogens is 316 g/mol. The Balaban J connectivity index is 1.71. The molecule has 1 fully saturated rings. The number of anilines is 1. The molecule has 0 bridgehead atoms. The Kier molecular flexibility index (Phi) is 4.31. The molecule has 0 aromatic heterocycles. The number of hydrogen-bond donors (Lipinski definition) is 1. The van der Waals surface area contributed by atoms with Gasteiger partial charge < -0.3 is 4.90 Å². The van der Waals surface area contributed by atoms with Crippen molar-refractivity contribution in [1.29, 1.82) is 0 Å². The number of benzene rings is 1. The molecule has 0 radical (unpaired) electrons. The summed E-state index contributed by atoms with van der Waals surface area (Å²) in [6, 6.07) is 5.21. The first-order valence-electron chi connectivity index (χ1n) is 7.70. The zero-order chi connectivity index (χ0) is 16.6. The number of likely N-dealkylation sites (N-methyl/N-ethyl adjacent to an activating group) is 1. The van der Waals surface area contributed by atoms with E-state index < -0.39 is 10.0 Å². The van der Waals surface area contributed by atoms with E-state index in [1.165, 1.54) is 10.6 Å². The van der Waals surface area contributed by atoms with Crippen LogP contribution in [0.3, 0.4) is 0 Å². The smallest absolute Gasteiger partial charge is 0.265 e. The Labute approximate surface area is 136 Å². The first kappa shape index (κ1) is 16.2. The van der Waals surface area contributed by atoms with Crippen LogP contribution in [0.25, 0.3) is 0 Å². The van der Waals surface area contributed by atoms with Crippen LogP contribution in [0.15, 0.2) is 18.2 Å². The van der Waals surface area contributed by atoms with E-state index in [0.717, 1.165) is 31.7 Å². The van der Waals surface area contributed by atoms with Gasteiger partial charge in [-0.05, 0) is 37.2 Å². The first-order chi connectivity index (χ1) is 10.8. The Morgan fingerprint density at radius 1 is 1.13 bits per heavy atom. The van der Waals surface area contributed by atoms with Crippen molar-refractivity contribution in [3.05, 3.63) is 29.3 Å². The highest BCUT2D eigenvalue weighted by Gasteiger charge is 2.27. The second-order valence-corrected chi connectivity index (χ2v) is 8.07. The van der Waals surface area contributed by atoms with E-state index in [0.29, 0.717) is 24.2 Å². The summed E-state index contributed by atoms with van der Waals surface area (Å²) in [4.78, 5) is 14.6. The molecule has 1 N–H and O–H groups in total. The number of carbonyl (C=O) groups excluding carboxylic acids is 1. The van der Waals surface area contributed by atoms with Crippen molar-refractivity contribution in [1.82, 2.24) is 15.3 Å². The van der Waals surface area contributed by atoms with Crippen molar-refractivity contribution >= 4 is 21.6 Å². The molecule has 0 atom stereocenters. The molecule has 0 unspecified atom stereocenters. The number of hydrazine groups is 1. The number of rotatable bonds is 3. The number of fused-ring (bicyclic) bond motifs is 1. The quantitative estimate of drug-likeness (QED) is 0.833. The third-order valence-electron chi connectivity index (χ3n) is 4.36. The summed E-state index contributed by atoms with van der Waals surface area (Å²) < 4.78 is 24.9. The van der Waals surface area contributed by atoms with Gasteiger partial charge in [0.2, 0.25) is 10.0 Å². The SMILES string of the molecule is CN1CCN(NC(=O)c2ccc3c(c2)CCN3S(C)(=O)=O)CC1. The Morgan fingerprint density at radius 3 is 2.48 bits per heavy atom. The van der Waals surface area contributed by atoms with Crippen LogP contribution in [-0.4, -0.2) is 70.3 Å². The normalized spacial score (nSPS) is 19.7. The summed E-state index contributed by atoms with van der Waals surface area (Å²) in [5.41, 5.74) is 5.08. The summed E-state index contributed by atoms with van der Waals surface area (Å²) in [5, 5.41) is 1.93. The third kappa shape index (κ3) is 3.49. The van der Waals surface area contributed by atoms with Crippen molar-refractivity contribution in [2.24, 2.45) is 0 Å². The Morgan fingerprint density at radius 2 is 1.83 bits per heavy atom. The maximum atomic E-state index is 12.4. The lowest BCUT2D eigenvalue weighted by atomic mass is 10.1. The minimum absolute atomic E-state index is 0.143. The molecular formula is C15H22N4O3S. The molecule has 126 valence electrons. The monoisotopic (exact) mass is 338 g/mol. The number of piperazine rings is 1. The van der Waals surface area contributed by atoms with Crippen molar-refractivity contribution in [3.8, 4) is 0 Å². The minimum atomic E-state index is -3.26. The molecule has 2 aliphatic heterocycles. The predicted molar refractivity (Wildman–Crippen MR) is 88.9 cm³/mol. The largest absolute Gasteiger partial charge is 0.304 e. The number of sulfonamides is 1. The lowest BCUT2D eigenvalue weighted by Gasteiger charge is -2.32. The molecule has 1 amide bonds. The summed E-state index contributed by atoms with van der Waals surface area (Å²) in [6.45, 7) is 3.89. The maximum Gasteiger partial charge on any atom is 0.265 e. The van der Waals surface area contributed by atoms with Gasteiger partial charge in [0.1, 0.15) is 0 Å². The third-order valence-corrected chi connectivity index (χ3v) is 5.54. The lowest BCUT2D eigenvalue weighted by Crippen LogP contribution is -2.52. The van der Waals surface area contributed by atoms with Gasteiger partial charge in [-0.25, -0.2) is 13.4 Å². The Bertz CT molecular complexity index is 711. The minimum Gasteiger partial charge on any atom is -0.304 e. The molecule has 7 nitrogen and oxygen atoms in total. The molecule has 0 aliphatic carbocycles. The Hall–Kier alpha value is -1.64. The standard InChI is InChI=1S/C15H22N4O3S/c1-17-7-9-18(10-8-17)16-15(20)13-3-4-14-12(11-13)5-6-19(14)23(2,21)22/h3-4,11H,5-10H2,1-2H3,(H,16,20). The zero-order valence-electron chi connectivity index (χ0n) is 13.4. The number of hydrogen-bond acceptors (Lipinski definition) is 5. The van der Waals surface area contributed by atoms with Crippen LogP contribution in [0.2, 0.25) is 0 Å². The van der Waals surface area contributed by atoms with Crippen molar-refractivity contribution in [2.75, 3.05) is 50.3 Å². The molecule has 1 aromatic carbocycles. The van der Waals surface area contributed by atoms with E-state index in [9.17, 15) is 13.2 Å². The zero-order valence-corrected chi connectivity index (χ0v) is 14.3. The molecule has 23 heavy (non-hydrogen) atoms. The maximum absolute atomic E-state index is 12.4. The van der Waals surface area contributed by atoms with E-state index in [1.807, 2.05) is 5.01 Å². The van der Waals surface area contributed by atoms with Crippen LogP contribution in [0.5, 0.6) is 0 Å². The number of amides is 1. The molecule has 8 heteroatoms. The van der Waals surface area contributed by atoms with Gasteiger partial charge in [-0.1, -0.05) is 0 Å². The van der Waals surface area contributed by atoms with E-state index >= 15 is 0 Å². The van der Waals surface area contributed by atoms with Gasteiger partial charge in [0.05, 0.1) is 11.9 Å². The van der Waals surface area contributed by atoms with Gasteiger partial charge in [0.15, 0.2) is 0 Å². The van der Waals surface area contributed by atoms with Crippen LogP contribution in [0, 0.1) is 0 Å². The average Bonchev–Trinajstić information content (AvgIpc) is 2.92. The number of nitrogens with zero attached hydrogens (tertiary/aromatic N) is 3. The van der Waals surface area contributed by atoms with Gasteiger partial charge in [-0.2, -0.15) is 0 Å². The van der Waals surface area contributed by atoms with Crippen molar-refractivity contribution in [3.63, 3.8) is 0 Å². The summed E-state index contributed by atoms with van der Waals surface area (Å²) >= 11 is 0. The van der Waals surface area contributed by atoms with E-state index in [1.54, 1.807) is 18.2 Å². The number of carbonyl (C=O) groups is 1.